The first kappa shape index (κ1) is 18.5. The molecule has 8 nitrogen and oxygen atoms in total. The minimum Gasteiger partial charge on any atom is -0.451 e. The van der Waals surface area contributed by atoms with E-state index < -0.39 is 18.0 Å². The molecule has 0 aliphatic heterocycles. The third-order valence-corrected chi connectivity index (χ3v) is 3.80. The summed E-state index contributed by atoms with van der Waals surface area (Å²) < 4.78 is 5.12. The number of rotatable bonds is 6. The Labute approximate surface area is 160 Å². The quantitative estimate of drug-likeness (QED) is 0.655. The topological polar surface area (TPSA) is 99.0 Å². The molecule has 27 heavy (non-hydrogen) atoms. The van der Waals surface area contributed by atoms with E-state index in [1.54, 1.807) is 48.5 Å². The number of esters is 1. The Balaban J connectivity index is 1.54. The molecular formula is C18H16ClN5O3. The van der Waals surface area contributed by atoms with Gasteiger partial charge in [0.05, 0.1) is 0 Å². The van der Waals surface area contributed by atoms with Crippen LogP contribution >= 0.6 is 11.6 Å². The molecule has 9 heteroatoms. The number of carbonyl (C=O) groups excluding carboxylic acids is 2. The summed E-state index contributed by atoms with van der Waals surface area (Å²) in [4.78, 5) is 25.2. The second-order valence-corrected chi connectivity index (χ2v) is 6.07. The Hall–Kier alpha value is -3.26. The zero-order valence-electron chi connectivity index (χ0n) is 14.4. The maximum atomic E-state index is 12.1. The van der Waals surface area contributed by atoms with Crippen molar-refractivity contribution in [3.8, 4) is 11.4 Å². The van der Waals surface area contributed by atoms with Gasteiger partial charge in [0.1, 0.15) is 0 Å². The summed E-state index contributed by atoms with van der Waals surface area (Å²) in [6, 6.07) is 15.8. The fraction of sp³-hybridized carbons (Fsp3) is 0.167. The van der Waals surface area contributed by atoms with Gasteiger partial charge in [-0.15, -0.1) is 10.2 Å². The van der Waals surface area contributed by atoms with E-state index in [1.807, 2.05) is 6.07 Å². The standard InChI is InChI=1S/C18H16ClN5O3/c1-12(18(26)20-15-5-3-2-4-6-15)27-16(25)11-24-22-17(21-23-24)13-7-9-14(19)10-8-13/h2-10,12H,11H2,1H3,(H,20,26)/t12-/m0/s1. The van der Waals surface area contributed by atoms with Crippen molar-refractivity contribution >= 4 is 29.2 Å². The van der Waals surface area contributed by atoms with Gasteiger partial charge < -0.3 is 10.1 Å². The van der Waals surface area contributed by atoms with Crippen LogP contribution in [0.25, 0.3) is 11.4 Å². The van der Waals surface area contributed by atoms with E-state index >= 15 is 0 Å². The number of carbonyl (C=O) groups is 2. The summed E-state index contributed by atoms with van der Waals surface area (Å²) in [7, 11) is 0. The molecule has 0 spiro atoms. The highest BCUT2D eigenvalue weighted by molar-refractivity contribution is 6.30. The highest BCUT2D eigenvalue weighted by Crippen LogP contribution is 2.17. The van der Waals surface area contributed by atoms with Crippen molar-refractivity contribution in [2.75, 3.05) is 5.32 Å². The SMILES string of the molecule is C[C@H](OC(=O)Cn1nnc(-c2ccc(Cl)cc2)n1)C(=O)Nc1ccccc1. The molecule has 138 valence electrons. The van der Waals surface area contributed by atoms with Gasteiger partial charge in [-0.05, 0) is 48.5 Å². The smallest absolute Gasteiger partial charge is 0.330 e. The first-order valence-electron chi connectivity index (χ1n) is 8.10. The normalized spacial score (nSPS) is 11.6. The fourth-order valence-electron chi connectivity index (χ4n) is 2.19. The predicted octanol–water partition coefficient (Wildman–Crippen LogP) is 2.56. The number of halogens is 1. The molecule has 1 N–H and O–H groups in total. The largest absolute Gasteiger partial charge is 0.451 e. The number of nitrogens with zero attached hydrogens (tertiary/aromatic N) is 4. The molecule has 0 bridgehead atoms. The monoisotopic (exact) mass is 385 g/mol. The number of amides is 1. The molecule has 0 radical (unpaired) electrons. The van der Waals surface area contributed by atoms with Gasteiger partial charge in [-0.1, -0.05) is 29.8 Å². The Morgan fingerprint density at radius 3 is 2.56 bits per heavy atom. The lowest BCUT2D eigenvalue weighted by Gasteiger charge is -2.13. The first-order valence-corrected chi connectivity index (χ1v) is 8.48. The second-order valence-electron chi connectivity index (χ2n) is 5.64. The highest BCUT2D eigenvalue weighted by atomic mass is 35.5. The molecule has 0 fully saturated rings. The second kappa shape index (κ2) is 8.41. The third-order valence-electron chi connectivity index (χ3n) is 3.54. The van der Waals surface area contributed by atoms with Crippen LogP contribution in [-0.2, 0) is 20.9 Å². The zero-order chi connectivity index (χ0) is 19.2. The third kappa shape index (κ3) is 5.11. The van der Waals surface area contributed by atoms with E-state index in [0.29, 0.717) is 16.5 Å². The lowest BCUT2D eigenvalue weighted by molar-refractivity contribution is -0.154. The summed E-state index contributed by atoms with van der Waals surface area (Å²) in [6.45, 7) is 1.23. The molecule has 0 saturated heterocycles. The predicted molar refractivity (Wildman–Crippen MR) is 98.9 cm³/mol. The van der Waals surface area contributed by atoms with Gasteiger partial charge >= 0.3 is 5.97 Å². The number of nitrogens with one attached hydrogen (secondary N) is 1. The van der Waals surface area contributed by atoms with Gasteiger partial charge in [0, 0.05) is 16.3 Å². The van der Waals surface area contributed by atoms with Crippen molar-refractivity contribution in [1.82, 2.24) is 20.2 Å². The number of tetrazole rings is 1. The molecule has 1 atom stereocenters. The number of benzene rings is 2. The molecule has 0 saturated carbocycles. The molecule has 1 amide bonds. The van der Waals surface area contributed by atoms with Gasteiger partial charge in [0.15, 0.2) is 12.6 Å². The Bertz CT molecular complexity index is 928. The number of hydrogen-bond acceptors (Lipinski definition) is 6. The van der Waals surface area contributed by atoms with Crippen LogP contribution in [0.4, 0.5) is 5.69 Å². The van der Waals surface area contributed by atoms with Crippen LogP contribution in [0.15, 0.2) is 54.6 Å². The average Bonchev–Trinajstić information content (AvgIpc) is 3.11. The molecule has 1 aromatic heterocycles. The van der Waals surface area contributed by atoms with Crippen LogP contribution in [0.2, 0.25) is 5.02 Å². The lowest BCUT2D eigenvalue weighted by atomic mass is 10.2. The summed E-state index contributed by atoms with van der Waals surface area (Å²) >= 11 is 5.84. The average molecular weight is 386 g/mol. The van der Waals surface area contributed by atoms with Crippen LogP contribution in [0.5, 0.6) is 0 Å². The van der Waals surface area contributed by atoms with Crippen molar-refractivity contribution in [3.63, 3.8) is 0 Å². The van der Waals surface area contributed by atoms with Crippen LogP contribution < -0.4 is 5.32 Å². The minimum absolute atomic E-state index is 0.260. The van der Waals surface area contributed by atoms with Crippen molar-refractivity contribution in [3.05, 3.63) is 59.6 Å². The van der Waals surface area contributed by atoms with Gasteiger partial charge in [-0.2, -0.15) is 4.80 Å². The summed E-state index contributed by atoms with van der Waals surface area (Å²) in [5.41, 5.74) is 1.34. The van der Waals surface area contributed by atoms with E-state index in [-0.39, 0.29) is 6.54 Å². The summed E-state index contributed by atoms with van der Waals surface area (Å²) in [5, 5.41) is 15.1. The van der Waals surface area contributed by atoms with E-state index in [0.717, 1.165) is 10.4 Å². The summed E-state index contributed by atoms with van der Waals surface area (Å²) in [6.07, 6.45) is -0.961. The maximum Gasteiger partial charge on any atom is 0.330 e. The van der Waals surface area contributed by atoms with E-state index in [4.69, 9.17) is 16.3 Å². The Morgan fingerprint density at radius 1 is 1.15 bits per heavy atom. The van der Waals surface area contributed by atoms with Gasteiger partial charge in [-0.3, -0.25) is 4.79 Å². The number of para-hydroxylation sites is 1. The number of hydrogen-bond donors (Lipinski definition) is 1. The number of aromatic nitrogens is 4. The molecule has 0 aliphatic rings. The minimum atomic E-state index is -0.961. The lowest BCUT2D eigenvalue weighted by Crippen LogP contribution is -2.31. The van der Waals surface area contributed by atoms with Crippen LogP contribution in [0.1, 0.15) is 6.92 Å². The molecular weight excluding hydrogens is 370 g/mol. The zero-order valence-corrected chi connectivity index (χ0v) is 15.1. The van der Waals surface area contributed by atoms with E-state index in [2.05, 4.69) is 20.7 Å². The summed E-state index contributed by atoms with van der Waals surface area (Å²) in [5.74, 6) is -0.719. The van der Waals surface area contributed by atoms with Crippen LogP contribution in [0.3, 0.4) is 0 Å². The number of ether oxygens (including phenoxy) is 1. The van der Waals surface area contributed by atoms with Crippen molar-refractivity contribution in [2.45, 2.75) is 19.6 Å². The van der Waals surface area contributed by atoms with E-state index in [9.17, 15) is 9.59 Å². The molecule has 3 rings (SSSR count). The Morgan fingerprint density at radius 2 is 1.85 bits per heavy atom. The molecule has 0 aliphatic carbocycles. The Kier molecular flexibility index (Phi) is 5.77. The first-order chi connectivity index (χ1) is 13.0. The van der Waals surface area contributed by atoms with Crippen LogP contribution in [-0.4, -0.2) is 38.2 Å². The maximum absolute atomic E-state index is 12.1. The van der Waals surface area contributed by atoms with Gasteiger partial charge in [0.2, 0.25) is 5.82 Å². The molecule has 1 heterocycles. The van der Waals surface area contributed by atoms with Crippen molar-refractivity contribution < 1.29 is 14.3 Å². The molecule has 3 aromatic rings. The fourth-order valence-corrected chi connectivity index (χ4v) is 2.32. The van der Waals surface area contributed by atoms with E-state index in [1.165, 1.54) is 6.92 Å². The van der Waals surface area contributed by atoms with Gasteiger partial charge in [-0.25, -0.2) is 4.79 Å². The number of anilines is 1. The molecule has 2 aromatic carbocycles. The van der Waals surface area contributed by atoms with Crippen molar-refractivity contribution in [1.29, 1.82) is 0 Å². The van der Waals surface area contributed by atoms with Crippen molar-refractivity contribution in [2.24, 2.45) is 0 Å². The highest BCUT2D eigenvalue weighted by Gasteiger charge is 2.19. The molecule has 0 unspecified atom stereocenters. The van der Waals surface area contributed by atoms with Gasteiger partial charge in [0.25, 0.3) is 5.91 Å². The van der Waals surface area contributed by atoms with Crippen LogP contribution in [0, 0.1) is 0 Å².